The molecule has 11 heavy (non-hydrogen) atoms. The van der Waals surface area contributed by atoms with Gasteiger partial charge in [0.1, 0.15) is 12.2 Å². The summed E-state index contributed by atoms with van der Waals surface area (Å²) in [6.07, 6.45) is 4.47. The van der Waals surface area contributed by atoms with Crippen LogP contribution >= 0.6 is 0 Å². The van der Waals surface area contributed by atoms with Crippen molar-refractivity contribution in [1.82, 2.24) is 0 Å². The van der Waals surface area contributed by atoms with E-state index >= 15 is 0 Å². The van der Waals surface area contributed by atoms with Crippen LogP contribution in [0.2, 0.25) is 0 Å². The highest BCUT2D eigenvalue weighted by atomic mass is 16.7. The first-order valence-corrected chi connectivity index (χ1v) is 4.35. The van der Waals surface area contributed by atoms with Crippen molar-refractivity contribution >= 4 is 0 Å². The number of hydrogen-bond acceptors (Lipinski definition) is 3. The Morgan fingerprint density at radius 2 is 2.27 bits per heavy atom. The quantitative estimate of drug-likeness (QED) is 0.517. The van der Waals surface area contributed by atoms with E-state index in [4.69, 9.17) is 9.47 Å². The van der Waals surface area contributed by atoms with Gasteiger partial charge in [-0.3, -0.25) is 0 Å². The topological polar surface area (TPSA) is 42.0 Å². The molecule has 3 saturated heterocycles. The first-order valence-electron chi connectivity index (χ1n) is 4.35. The molecule has 3 aliphatic heterocycles. The Bertz CT molecular complexity index is 194. The summed E-state index contributed by atoms with van der Waals surface area (Å²) < 4.78 is 10.8. The number of ether oxygens (including phenoxy) is 2. The summed E-state index contributed by atoms with van der Waals surface area (Å²) in [5, 5.41) is 9.86. The van der Waals surface area contributed by atoms with Crippen LogP contribution in [-0.2, 0) is 9.47 Å². The van der Waals surface area contributed by atoms with E-state index in [-0.39, 0.29) is 18.3 Å². The summed E-state index contributed by atoms with van der Waals surface area (Å²) in [4.78, 5) is 0. The maximum atomic E-state index is 9.86. The van der Waals surface area contributed by atoms with Crippen molar-refractivity contribution in [2.24, 2.45) is 0 Å². The largest absolute Gasteiger partial charge is 0.363 e. The molecule has 0 spiro atoms. The summed E-state index contributed by atoms with van der Waals surface area (Å²) in [5.74, 6) is -0.911. The fourth-order valence-corrected chi connectivity index (χ4v) is 2.31. The summed E-state index contributed by atoms with van der Waals surface area (Å²) in [6.45, 7) is 0. The predicted molar refractivity (Wildman–Crippen MR) is 37.0 cm³/mol. The number of rotatable bonds is 0. The van der Waals surface area contributed by atoms with E-state index in [1.54, 1.807) is 0 Å². The van der Waals surface area contributed by atoms with E-state index in [0.29, 0.717) is 0 Å². The van der Waals surface area contributed by atoms with E-state index in [9.17, 15) is 5.11 Å². The van der Waals surface area contributed by atoms with E-state index in [2.05, 4.69) is 0 Å². The molecule has 4 atom stereocenters. The second-order valence-electron chi connectivity index (χ2n) is 3.77. The van der Waals surface area contributed by atoms with Gasteiger partial charge in [0.15, 0.2) is 5.79 Å². The maximum Gasteiger partial charge on any atom is 0.195 e. The standard InChI is InChI=1S/C8H12O3/c9-8-4-2-1-3-5(11-8)6-7(8)10-6/h5-7,9H,1-4H2/t5-,6-,7-,8+/m0/s1. The molecule has 0 saturated carbocycles. The van der Waals surface area contributed by atoms with Gasteiger partial charge < -0.3 is 14.6 Å². The zero-order valence-electron chi connectivity index (χ0n) is 6.32. The molecule has 0 aromatic heterocycles. The normalized spacial score (nSPS) is 60.3. The van der Waals surface area contributed by atoms with Gasteiger partial charge in [0.25, 0.3) is 0 Å². The molecule has 0 aliphatic carbocycles. The van der Waals surface area contributed by atoms with Gasteiger partial charge in [-0.15, -0.1) is 0 Å². The SMILES string of the molecule is O[C@]12CCCC[C@H](O1)[C@@H]1O[C@@H]12. The van der Waals surface area contributed by atoms with Crippen LogP contribution in [-0.4, -0.2) is 29.2 Å². The molecule has 3 aliphatic rings. The highest BCUT2D eigenvalue weighted by molar-refractivity contribution is 5.08. The summed E-state index contributed by atoms with van der Waals surface area (Å²) in [6, 6.07) is 0. The number of aliphatic hydroxyl groups is 1. The van der Waals surface area contributed by atoms with Crippen LogP contribution in [0.5, 0.6) is 0 Å². The first kappa shape index (κ1) is 6.40. The highest BCUT2D eigenvalue weighted by Gasteiger charge is 2.66. The van der Waals surface area contributed by atoms with Crippen LogP contribution in [0.15, 0.2) is 0 Å². The minimum Gasteiger partial charge on any atom is -0.363 e. The minimum atomic E-state index is -0.911. The van der Waals surface area contributed by atoms with Crippen LogP contribution in [0.1, 0.15) is 25.7 Å². The van der Waals surface area contributed by atoms with Crippen molar-refractivity contribution in [3.63, 3.8) is 0 Å². The Kier molecular flexibility index (Phi) is 1.04. The molecule has 3 heterocycles. The maximum absolute atomic E-state index is 9.86. The lowest BCUT2D eigenvalue weighted by Crippen LogP contribution is -2.35. The van der Waals surface area contributed by atoms with Crippen molar-refractivity contribution in [1.29, 1.82) is 0 Å². The molecule has 0 amide bonds. The van der Waals surface area contributed by atoms with Crippen molar-refractivity contribution in [2.75, 3.05) is 0 Å². The van der Waals surface area contributed by atoms with E-state index in [1.807, 2.05) is 0 Å². The third-order valence-corrected chi connectivity index (χ3v) is 2.97. The molecule has 0 aromatic carbocycles. The molecule has 0 radical (unpaired) electrons. The molecule has 3 fully saturated rings. The van der Waals surface area contributed by atoms with Gasteiger partial charge in [-0.25, -0.2) is 0 Å². The zero-order chi connectivity index (χ0) is 7.47. The Labute approximate surface area is 65.3 Å². The molecule has 3 rings (SSSR count). The predicted octanol–water partition coefficient (Wildman–Crippen LogP) is 0.415. The smallest absolute Gasteiger partial charge is 0.195 e. The van der Waals surface area contributed by atoms with Gasteiger partial charge in [-0.1, -0.05) is 6.42 Å². The highest BCUT2D eigenvalue weighted by Crippen LogP contribution is 2.50. The third-order valence-electron chi connectivity index (χ3n) is 2.97. The molecule has 0 unspecified atom stereocenters. The second kappa shape index (κ2) is 1.79. The Hall–Kier alpha value is -0.120. The number of fused-ring (bicyclic) bond motifs is 5. The lowest BCUT2D eigenvalue weighted by atomic mass is 9.99. The molecule has 0 aromatic rings. The Morgan fingerprint density at radius 1 is 1.36 bits per heavy atom. The van der Waals surface area contributed by atoms with Crippen LogP contribution in [0.25, 0.3) is 0 Å². The summed E-state index contributed by atoms with van der Waals surface area (Å²) in [5.41, 5.74) is 0. The van der Waals surface area contributed by atoms with Crippen LogP contribution in [0.4, 0.5) is 0 Å². The van der Waals surface area contributed by atoms with E-state index in [0.717, 1.165) is 19.3 Å². The first-order chi connectivity index (χ1) is 5.30. The van der Waals surface area contributed by atoms with Gasteiger partial charge in [-0.05, 0) is 12.8 Å². The van der Waals surface area contributed by atoms with Crippen molar-refractivity contribution in [3.05, 3.63) is 0 Å². The molecular weight excluding hydrogens is 144 g/mol. The Balaban J connectivity index is 1.92. The van der Waals surface area contributed by atoms with E-state index in [1.165, 1.54) is 6.42 Å². The van der Waals surface area contributed by atoms with E-state index < -0.39 is 5.79 Å². The number of hydrogen-bond donors (Lipinski definition) is 1. The fourth-order valence-electron chi connectivity index (χ4n) is 2.31. The van der Waals surface area contributed by atoms with Gasteiger partial charge in [0.2, 0.25) is 0 Å². The monoisotopic (exact) mass is 156 g/mol. The van der Waals surface area contributed by atoms with Crippen LogP contribution < -0.4 is 0 Å². The van der Waals surface area contributed by atoms with Gasteiger partial charge in [-0.2, -0.15) is 0 Å². The number of epoxide rings is 1. The second-order valence-corrected chi connectivity index (χ2v) is 3.77. The average Bonchev–Trinajstić information content (AvgIpc) is 2.67. The van der Waals surface area contributed by atoms with Crippen molar-refractivity contribution in [3.8, 4) is 0 Å². The van der Waals surface area contributed by atoms with Crippen molar-refractivity contribution in [2.45, 2.75) is 49.8 Å². The molecule has 2 bridgehead atoms. The molecule has 1 N–H and O–H groups in total. The molecule has 3 heteroatoms. The van der Waals surface area contributed by atoms with Gasteiger partial charge in [0, 0.05) is 6.42 Å². The lowest BCUT2D eigenvalue weighted by Gasteiger charge is -2.22. The lowest BCUT2D eigenvalue weighted by molar-refractivity contribution is -0.228. The average molecular weight is 156 g/mol. The molecule has 3 nitrogen and oxygen atoms in total. The molecular formula is C8H12O3. The van der Waals surface area contributed by atoms with Gasteiger partial charge >= 0.3 is 0 Å². The Morgan fingerprint density at radius 3 is 3.18 bits per heavy atom. The zero-order valence-corrected chi connectivity index (χ0v) is 6.32. The van der Waals surface area contributed by atoms with Crippen LogP contribution in [0.3, 0.4) is 0 Å². The minimum absolute atomic E-state index is 0.00722. The summed E-state index contributed by atoms with van der Waals surface area (Å²) >= 11 is 0. The van der Waals surface area contributed by atoms with Crippen LogP contribution in [0, 0.1) is 0 Å². The summed E-state index contributed by atoms with van der Waals surface area (Å²) in [7, 11) is 0. The van der Waals surface area contributed by atoms with Crippen molar-refractivity contribution < 1.29 is 14.6 Å². The fraction of sp³-hybridized carbons (Fsp3) is 1.00. The van der Waals surface area contributed by atoms with Gasteiger partial charge in [0.05, 0.1) is 6.10 Å². The molecule has 62 valence electrons. The third kappa shape index (κ3) is 0.736.